The molecule has 1 saturated carbocycles. The summed E-state index contributed by atoms with van der Waals surface area (Å²) in [6.07, 6.45) is 4.33. The molecule has 6 atom stereocenters. The summed E-state index contributed by atoms with van der Waals surface area (Å²) < 4.78 is 23.9. The molecule has 1 heterocycles. The lowest BCUT2D eigenvalue weighted by atomic mass is 9.73. The maximum absolute atomic E-state index is 12.3. The van der Waals surface area contributed by atoms with E-state index in [0.29, 0.717) is 6.61 Å². The van der Waals surface area contributed by atoms with Crippen molar-refractivity contribution in [3.05, 3.63) is 11.6 Å². The monoisotopic (exact) mass is 397 g/mol. The van der Waals surface area contributed by atoms with E-state index in [2.05, 4.69) is 32.2 Å². The number of ether oxygens (including phenoxy) is 4. The minimum absolute atomic E-state index is 0.0256. The molecule has 1 unspecified atom stereocenters. The first kappa shape index (κ1) is 23.3. The molecular weight excluding hydrogens is 358 g/mol. The lowest BCUT2D eigenvalue weighted by molar-refractivity contribution is -0.180. The van der Waals surface area contributed by atoms with Crippen molar-refractivity contribution in [1.29, 1.82) is 0 Å². The lowest BCUT2D eigenvalue weighted by Crippen LogP contribution is -2.55. The number of rotatable bonds is 10. The van der Waals surface area contributed by atoms with Crippen molar-refractivity contribution < 1.29 is 23.7 Å². The first-order valence-corrected chi connectivity index (χ1v) is 10.6. The van der Waals surface area contributed by atoms with Crippen molar-refractivity contribution in [2.75, 3.05) is 20.3 Å². The van der Waals surface area contributed by atoms with Crippen LogP contribution in [0.25, 0.3) is 0 Å². The van der Waals surface area contributed by atoms with Gasteiger partial charge in [0, 0.05) is 25.7 Å². The van der Waals surface area contributed by atoms with E-state index >= 15 is 0 Å². The van der Waals surface area contributed by atoms with Crippen LogP contribution in [0.15, 0.2) is 11.6 Å². The van der Waals surface area contributed by atoms with Gasteiger partial charge >= 0.3 is 5.97 Å². The van der Waals surface area contributed by atoms with Gasteiger partial charge in [-0.05, 0) is 47.0 Å². The van der Waals surface area contributed by atoms with Gasteiger partial charge in [0.05, 0.1) is 18.8 Å². The van der Waals surface area contributed by atoms with Crippen LogP contribution >= 0.6 is 0 Å². The van der Waals surface area contributed by atoms with Crippen molar-refractivity contribution in [3.63, 3.8) is 0 Å². The van der Waals surface area contributed by atoms with Gasteiger partial charge < -0.3 is 24.3 Å². The first-order valence-electron chi connectivity index (χ1n) is 10.6. The highest BCUT2D eigenvalue weighted by Crippen LogP contribution is 2.52. The number of methoxy groups -OCH3 is 1. The van der Waals surface area contributed by atoms with Crippen molar-refractivity contribution in [1.82, 2.24) is 5.32 Å². The van der Waals surface area contributed by atoms with E-state index in [-0.39, 0.29) is 54.5 Å². The van der Waals surface area contributed by atoms with Gasteiger partial charge in [-0.15, -0.1) is 0 Å². The molecule has 1 saturated heterocycles. The van der Waals surface area contributed by atoms with Gasteiger partial charge in [0.25, 0.3) is 0 Å². The van der Waals surface area contributed by atoms with E-state index < -0.39 is 0 Å². The zero-order valence-corrected chi connectivity index (χ0v) is 18.6. The zero-order valence-electron chi connectivity index (χ0n) is 18.6. The summed E-state index contributed by atoms with van der Waals surface area (Å²) in [7, 11) is 1.69. The Hall–Kier alpha value is -0.950. The molecule has 0 aromatic carbocycles. The highest BCUT2D eigenvalue weighted by molar-refractivity contribution is 5.72. The second kappa shape index (κ2) is 10.2. The number of epoxide rings is 1. The average molecular weight is 398 g/mol. The van der Waals surface area contributed by atoms with Crippen LogP contribution in [-0.2, 0) is 23.7 Å². The summed E-state index contributed by atoms with van der Waals surface area (Å²) in [5.41, 5.74) is 0.962. The van der Waals surface area contributed by atoms with Crippen molar-refractivity contribution in [2.24, 2.45) is 5.92 Å². The molecule has 0 spiro atoms. The van der Waals surface area contributed by atoms with Crippen LogP contribution in [0.4, 0.5) is 0 Å². The molecule has 0 amide bonds. The number of hydrogen-bond acceptors (Lipinski definition) is 6. The Balaban J connectivity index is 2.12. The number of carbonyl (C=O) groups excluding carboxylic acids is 1. The van der Waals surface area contributed by atoms with Gasteiger partial charge in [0.15, 0.2) is 0 Å². The van der Waals surface area contributed by atoms with E-state index in [1.165, 1.54) is 5.57 Å². The van der Waals surface area contributed by atoms with E-state index in [9.17, 15) is 4.79 Å². The summed E-state index contributed by atoms with van der Waals surface area (Å²) in [5, 5.41) is 3.11. The van der Waals surface area contributed by atoms with Crippen LogP contribution in [0.2, 0.25) is 0 Å². The minimum atomic E-state index is -0.326. The van der Waals surface area contributed by atoms with Crippen LogP contribution in [0.5, 0.6) is 0 Å². The minimum Gasteiger partial charge on any atom is -0.459 e. The molecule has 1 N–H and O–H groups in total. The largest absolute Gasteiger partial charge is 0.459 e. The molecule has 0 radical (unpaired) electrons. The van der Waals surface area contributed by atoms with Gasteiger partial charge in [-0.3, -0.25) is 4.79 Å². The Morgan fingerprint density at radius 3 is 2.54 bits per heavy atom. The number of hydrogen-bond donors (Lipinski definition) is 1. The highest BCUT2D eigenvalue weighted by atomic mass is 16.6. The number of esters is 1. The molecule has 6 heteroatoms. The molecule has 6 nitrogen and oxygen atoms in total. The average Bonchev–Trinajstić information content (AvgIpc) is 3.30. The molecule has 1 aliphatic carbocycles. The van der Waals surface area contributed by atoms with E-state index in [1.807, 2.05) is 20.8 Å². The van der Waals surface area contributed by atoms with Gasteiger partial charge in [-0.2, -0.15) is 0 Å². The van der Waals surface area contributed by atoms with E-state index in [0.717, 1.165) is 19.3 Å². The van der Waals surface area contributed by atoms with Gasteiger partial charge in [0.1, 0.15) is 17.8 Å². The first-order chi connectivity index (χ1) is 13.2. The summed E-state index contributed by atoms with van der Waals surface area (Å²) in [4.78, 5) is 12.3. The van der Waals surface area contributed by atoms with Crippen molar-refractivity contribution >= 4 is 5.97 Å². The molecule has 28 heavy (non-hydrogen) atoms. The molecule has 2 rings (SSSR count). The van der Waals surface area contributed by atoms with Gasteiger partial charge in [0.2, 0.25) is 0 Å². The second-order valence-corrected chi connectivity index (χ2v) is 8.67. The van der Waals surface area contributed by atoms with Crippen LogP contribution in [0.3, 0.4) is 0 Å². The molecule has 0 aromatic rings. The SMILES string of the molecule is CCO[C@@H]1CC[C@@H](OC(=O)CNC(C)C)[C@@H](OC)[C@@H]1[C@@]1(C)OC1CC=C(C)C. The quantitative estimate of drug-likeness (QED) is 0.347. The fourth-order valence-corrected chi connectivity index (χ4v) is 4.32. The maximum Gasteiger partial charge on any atom is 0.320 e. The Bertz CT molecular complexity index is 545. The lowest BCUT2D eigenvalue weighted by Gasteiger charge is -2.43. The number of allylic oxidation sites excluding steroid dienone is 1. The van der Waals surface area contributed by atoms with E-state index in [4.69, 9.17) is 18.9 Å². The predicted molar refractivity (Wildman–Crippen MR) is 109 cm³/mol. The standard InChI is InChI=1S/C22H39NO5/c1-8-26-16-10-11-17(27-19(24)13-23-15(4)5)21(25-7)20(16)22(6)18(28-22)12-9-14(2)3/h9,15-18,20-21,23H,8,10-13H2,1-7H3/t16-,17-,18?,20-,21-,22+/m1/s1. The summed E-state index contributed by atoms with van der Waals surface area (Å²) in [6, 6.07) is 0.238. The molecular formula is C22H39NO5. The third kappa shape index (κ3) is 5.78. The fraction of sp³-hybridized carbons (Fsp3) is 0.864. The van der Waals surface area contributed by atoms with Crippen LogP contribution in [0, 0.1) is 5.92 Å². The Labute approximate surface area is 170 Å². The van der Waals surface area contributed by atoms with Crippen LogP contribution in [0.1, 0.15) is 60.8 Å². The van der Waals surface area contributed by atoms with Crippen LogP contribution < -0.4 is 5.32 Å². The third-order valence-electron chi connectivity index (χ3n) is 5.83. The Morgan fingerprint density at radius 2 is 1.96 bits per heavy atom. The van der Waals surface area contributed by atoms with E-state index in [1.54, 1.807) is 7.11 Å². The number of nitrogens with one attached hydrogen (secondary N) is 1. The zero-order chi connectivity index (χ0) is 20.9. The summed E-state index contributed by atoms with van der Waals surface area (Å²) >= 11 is 0. The molecule has 0 aromatic heterocycles. The fourth-order valence-electron chi connectivity index (χ4n) is 4.32. The Morgan fingerprint density at radius 1 is 1.29 bits per heavy atom. The molecule has 162 valence electrons. The van der Waals surface area contributed by atoms with Crippen molar-refractivity contribution in [2.45, 2.75) is 96.9 Å². The van der Waals surface area contributed by atoms with Gasteiger partial charge in [-0.25, -0.2) is 0 Å². The summed E-state index contributed by atoms with van der Waals surface area (Å²) in [5.74, 6) is -0.213. The van der Waals surface area contributed by atoms with Gasteiger partial charge in [-0.1, -0.05) is 25.5 Å². The molecule has 2 fully saturated rings. The topological polar surface area (TPSA) is 69.3 Å². The highest BCUT2D eigenvalue weighted by Gasteiger charge is 2.63. The maximum atomic E-state index is 12.3. The molecule has 1 aliphatic heterocycles. The van der Waals surface area contributed by atoms with Crippen molar-refractivity contribution in [3.8, 4) is 0 Å². The second-order valence-electron chi connectivity index (χ2n) is 8.67. The Kier molecular flexibility index (Phi) is 8.49. The predicted octanol–water partition coefficient (Wildman–Crippen LogP) is 3.24. The normalized spacial score (nSPS) is 34.9. The number of carbonyl (C=O) groups is 1. The smallest absolute Gasteiger partial charge is 0.320 e. The third-order valence-corrected chi connectivity index (χ3v) is 5.83. The molecule has 0 bridgehead atoms. The van der Waals surface area contributed by atoms with Crippen LogP contribution in [-0.4, -0.2) is 62.3 Å². The summed E-state index contributed by atoms with van der Waals surface area (Å²) in [6.45, 7) is 13.2. The molecule has 2 aliphatic rings.